The van der Waals surface area contributed by atoms with Crippen LogP contribution >= 0.6 is 0 Å². The van der Waals surface area contributed by atoms with E-state index in [1.165, 1.54) is 0 Å². The first-order valence-corrected chi connectivity index (χ1v) is 16.4. The molecule has 4 bridgehead atoms. The Morgan fingerprint density at radius 3 is 2.65 bits per heavy atom. The fourth-order valence-corrected chi connectivity index (χ4v) is 6.16. The van der Waals surface area contributed by atoms with Crippen LogP contribution in [-0.2, 0) is 27.4 Å². The van der Waals surface area contributed by atoms with Gasteiger partial charge in [0, 0.05) is 31.6 Å². The summed E-state index contributed by atoms with van der Waals surface area (Å²) in [6, 6.07) is 22.0. The van der Waals surface area contributed by atoms with Crippen molar-refractivity contribution in [3.05, 3.63) is 89.6 Å². The molecular weight excluding hydrogens is 626 g/mol. The normalized spacial score (nSPS) is 18.8. The Kier molecular flexibility index (Phi) is 10.4. The molecule has 3 aromatic carbocycles. The van der Waals surface area contributed by atoms with Gasteiger partial charge in [0.05, 0.1) is 45.2 Å². The van der Waals surface area contributed by atoms with Crippen molar-refractivity contribution < 1.29 is 33.3 Å². The number of carbonyl (C=O) groups is 3. The zero-order valence-electron chi connectivity index (χ0n) is 27.9. The lowest BCUT2D eigenvalue weighted by atomic mass is 10.0. The van der Waals surface area contributed by atoms with Crippen LogP contribution < -0.4 is 19.5 Å². The van der Waals surface area contributed by atoms with Gasteiger partial charge in [-0.1, -0.05) is 30.3 Å². The van der Waals surface area contributed by atoms with E-state index in [2.05, 4.69) is 15.5 Å². The number of hydrogen-bond donors (Lipinski definition) is 2. The van der Waals surface area contributed by atoms with Gasteiger partial charge in [-0.2, -0.15) is 5.10 Å². The number of ether oxygens (including phenoxy) is 4. The van der Waals surface area contributed by atoms with Gasteiger partial charge in [0.15, 0.2) is 11.5 Å². The number of nitrogens with zero attached hydrogens (tertiary/aromatic N) is 3. The predicted molar refractivity (Wildman–Crippen MR) is 182 cm³/mol. The summed E-state index contributed by atoms with van der Waals surface area (Å²) in [6.45, 7) is 3.05. The van der Waals surface area contributed by atoms with Crippen molar-refractivity contribution in [2.24, 2.45) is 0 Å². The van der Waals surface area contributed by atoms with Gasteiger partial charge in [-0.3, -0.25) is 19.5 Å². The molecule has 0 aliphatic carbocycles. The Labute approximate surface area is 285 Å². The summed E-state index contributed by atoms with van der Waals surface area (Å²) in [6.07, 6.45) is 0.670. The van der Waals surface area contributed by atoms with Gasteiger partial charge in [0.2, 0.25) is 11.8 Å². The van der Waals surface area contributed by atoms with Crippen molar-refractivity contribution in [3.63, 3.8) is 0 Å². The topological polar surface area (TPSA) is 135 Å². The summed E-state index contributed by atoms with van der Waals surface area (Å²) in [5, 5.41) is 10.4. The molecular formula is C37H41N5O7. The Morgan fingerprint density at radius 2 is 1.84 bits per heavy atom. The van der Waals surface area contributed by atoms with E-state index in [0.29, 0.717) is 60.3 Å². The van der Waals surface area contributed by atoms with Crippen LogP contribution in [0.5, 0.6) is 23.0 Å². The minimum absolute atomic E-state index is 0.0680. The number of hydrogen-bond acceptors (Lipinski definition) is 8. The Balaban J connectivity index is 1.24. The van der Waals surface area contributed by atoms with Crippen LogP contribution in [0.25, 0.3) is 11.3 Å². The van der Waals surface area contributed by atoms with E-state index in [4.69, 9.17) is 18.9 Å². The zero-order chi connectivity index (χ0) is 34.3. The fraction of sp³-hybridized carbons (Fsp3) is 0.351. The van der Waals surface area contributed by atoms with E-state index in [1.807, 2.05) is 73.7 Å². The molecule has 4 aromatic rings. The molecule has 1 aromatic heterocycles. The van der Waals surface area contributed by atoms with Crippen molar-refractivity contribution in [2.45, 2.75) is 44.9 Å². The van der Waals surface area contributed by atoms with Gasteiger partial charge >= 0.3 is 0 Å². The SMILES string of the molecule is CCN1CC(=O)N[C@H]2CCN(C(=O)c3cc(-c4cccc(OC)c4)n[nH]3)C[C@@H]2OCc2cccc(c2)Oc2cc(ccc2OC)CCC1=O. The first-order valence-electron chi connectivity index (χ1n) is 16.4. The maximum atomic E-state index is 13.7. The van der Waals surface area contributed by atoms with Crippen LogP contribution in [0.4, 0.5) is 0 Å². The second kappa shape index (κ2) is 15.2. The number of H-pyrrole nitrogens is 1. The molecule has 2 atom stereocenters. The first kappa shape index (κ1) is 33.5. The van der Waals surface area contributed by atoms with Crippen molar-refractivity contribution in [1.82, 2.24) is 25.3 Å². The van der Waals surface area contributed by atoms with Crippen molar-refractivity contribution in [1.29, 1.82) is 0 Å². The summed E-state index contributed by atoms with van der Waals surface area (Å²) in [4.78, 5) is 43.5. The van der Waals surface area contributed by atoms with E-state index in [0.717, 1.165) is 16.7 Å². The van der Waals surface area contributed by atoms with Crippen LogP contribution in [0, 0.1) is 0 Å². The smallest absolute Gasteiger partial charge is 0.271 e. The summed E-state index contributed by atoms with van der Waals surface area (Å²) < 4.78 is 23.6. The number of methoxy groups -OCH3 is 2. The van der Waals surface area contributed by atoms with Crippen LogP contribution in [0.15, 0.2) is 72.8 Å². The molecule has 0 saturated carbocycles. The van der Waals surface area contributed by atoms with Gasteiger partial charge in [-0.25, -0.2) is 0 Å². The second-order valence-corrected chi connectivity index (χ2v) is 12.1. The molecule has 49 heavy (non-hydrogen) atoms. The molecule has 1 saturated heterocycles. The average Bonchev–Trinajstić information content (AvgIpc) is 3.63. The van der Waals surface area contributed by atoms with Gasteiger partial charge in [0.25, 0.3) is 5.91 Å². The van der Waals surface area contributed by atoms with Crippen LogP contribution in [-0.4, -0.2) is 90.3 Å². The molecule has 256 valence electrons. The highest BCUT2D eigenvalue weighted by Gasteiger charge is 2.34. The monoisotopic (exact) mass is 667 g/mol. The average molecular weight is 668 g/mol. The molecule has 3 amide bonds. The third-order valence-electron chi connectivity index (χ3n) is 8.88. The fourth-order valence-electron chi connectivity index (χ4n) is 6.16. The largest absolute Gasteiger partial charge is 0.497 e. The zero-order valence-corrected chi connectivity index (χ0v) is 27.9. The highest BCUT2D eigenvalue weighted by molar-refractivity contribution is 5.93. The molecule has 1 fully saturated rings. The third kappa shape index (κ3) is 8.03. The highest BCUT2D eigenvalue weighted by atomic mass is 16.5. The lowest BCUT2D eigenvalue weighted by Crippen LogP contribution is -2.57. The number of piperidine rings is 1. The number of fused-ring (bicyclic) bond motifs is 5. The number of aromatic amines is 1. The lowest BCUT2D eigenvalue weighted by molar-refractivity contribution is -0.136. The summed E-state index contributed by atoms with van der Waals surface area (Å²) >= 11 is 0. The molecule has 2 aliphatic rings. The molecule has 2 aliphatic heterocycles. The number of benzene rings is 3. The molecule has 12 heteroatoms. The maximum Gasteiger partial charge on any atom is 0.271 e. The van der Waals surface area contributed by atoms with Crippen LogP contribution in [0.1, 0.15) is 41.4 Å². The minimum Gasteiger partial charge on any atom is -0.497 e. The maximum absolute atomic E-state index is 13.7. The second-order valence-electron chi connectivity index (χ2n) is 12.1. The standard InChI is InChI=1S/C37H41N5O7/c1-4-41-22-35(43)38-29-15-16-42(37(45)31-20-30(39-40-31)26-8-6-9-27(19-26)46-2)21-34(29)48-23-25-7-5-10-28(17-25)49-33-18-24(12-14-36(41)44)11-13-32(33)47-3/h5-11,13,17-20,29,34H,4,12,14-16,21-23H2,1-3H3,(H,38,43)(H,39,40)/t29-,34-/m0/s1. The quantitative estimate of drug-likeness (QED) is 0.316. The number of aromatic nitrogens is 2. The summed E-state index contributed by atoms with van der Waals surface area (Å²) in [7, 11) is 3.18. The Morgan fingerprint density at radius 1 is 0.980 bits per heavy atom. The van der Waals surface area contributed by atoms with E-state index in [-0.39, 0.29) is 49.9 Å². The molecule has 0 unspecified atom stereocenters. The lowest BCUT2D eigenvalue weighted by Gasteiger charge is -2.38. The molecule has 0 spiro atoms. The number of amides is 3. The molecule has 0 radical (unpaired) electrons. The summed E-state index contributed by atoms with van der Waals surface area (Å²) in [5.41, 5.74) is 3.57. The molecule has 12 nitrogen and oxygen atoms in total. The van der Waals surface area contributed by atoms with Crippen molar-refractivity contribution in [2.75, 3.05) is 40.4 Å². The molecule has 2 N–H and O–H groups in total. The minimum atomic E-state index is -0.520. The van der Waals surface area contributed by atoms with E-state index >= 15 is 0 Å². The van der Waals surface area contributed by atoms with Crippen LogP contribution in [0.2, 0.25) is 0 Å². The van der Waals surface area contributed by atoms with Crippen molar-refractivity contribution in [3.8, 4) is 34.3 Å². The van der Waals surface area contributed by atoms with Crippen LogP contribution in [0.3, 0.4) is 0 Å². The van der Waals surface area contributed by atoms with Gasteiger partial charge in [-0.15, -0.1) is 0 Å². The summed E-state index contributed by atoms with van der Waals surface area (Å²) in [5.74, 6) is 1.79. The number of rotatable bonds is 5. The molecule has 3 heterocycles. The first-order chi connectivity index (χ1) is 23.8. The van der Waals surface area contributed by atoms with Gasteiger partial charge in [-0.05, 0) is 73.4 Å². The number of likely N-dealkylation sites (tertiary alicyclic amines) is 1. The van der Waals surface area contributed by atoms with E-state index < -0.39 is 6.10 Å². The molecule has 6 rings (SSSR count). The predicted octanol–water partition coefficient (Wildman–Crippen LogP) is 4.60. The van der Waals surface area contributed by atoms with Crippen molar-refractivity contribution >= 4 is 17.7 Å². The number of likely N-dealkylation sites (N-methyl/N-ethyl adjacent to an activating group) is 1. The van der Waals surface area contributed by atoms with Gasteiger partial charge < -0.3 is 34.1 Å². The van der Waals surface area contributed by atoms with Gasteiger partial charge in [0.1, 0.15) is 17.2 Å². The third-order valence-corrected chi connectivity index (χ3v) is 8.88. The number of aryl methyl sites for hydroxylation is 1. The van der Waals surface area contributed by atoms with E-state index in [1.54, 1.807) is 30.1 Å². The Hall–Kier alpha value is -5.36. The Bertz CT molecular complexity index is 1810. The number of carbonyl (C=O) groups excluding carboxylic acids is 3. The number of nitrogens with one attached hydrogen (secondary N) is 2. The highest BCUT2D eigenvalue weighted by Crippen LogP contribution is 2.33. The van der Waals surface area contributed by atoms with E-state index in [9.17, 15) is 14.4 Å².